The van der Waals surface area contributed by atoms with E-state index in [1.807, 2.05) is 0 Å². The van der Waals surface area contributed by atoms with E-state index in [2.05, 4.69) is 10.2 Å². The van der Waals surface area contributed by atoms with Gasteiger partial charge in [-0.15, -0.1) is 0 Å². The summed E-state index contributed by atoms with van der Waals surface area (Å²) >= 11 is 5.85. The average Bonchev–Trinajstić information content (AvgIpc) is 2.86. The predicted molar refractivity (Wildman–Crippen MR) is 136 cm³/mol. The predicted octanol–water partition coefficient (Wildman–Crippen LogP) is 6.49. The fourth-order valence-corrected chi connectivity index (χ4v) is 6.08. The lowest BCUT2D eigenvalue weighted by molar-refractivity contribution is 0.173. The fourth-order valence-electron chi connectivity index (χ4n) is 4.66. The molecule has 1 saturated heterocycles. The molecule has 1 aliphatic heterocycles. The van der Waals surface area contributed by atoms with Gasteiger partial charge in [0.1, 0.15) is 5.82 Å². The normalized spacial score (nSPS) is 16.1. The molecule has 3 aromatic carbocycles. The molecule has 1 N–H and O–H groups in total. The zero-order chi connectivity index (χ0) is 25.7. The first kappa shape index (κ1) is 26.5. The molecule has 36 heavy (non-hydrogen) atoms. The zero-order valence-corrected chi connectivity index (χ0v) is 21.2. The Bertz CT molecular complexity index is 1260. The molecule has 1 atom stereocenters. The molecular formula is C27H28ClF3N2O2S. The molecule has 0 spiro atoms. The van der Waals surface area contributed by atoms with Crippen molar-refractivity contribution in [3.8, 4) is 0 Å². The van der Waals surface area contributed by atoms with Crippen molar-refractivity contribution in [1.82, 2.24) is 4.90 Å². The third-order valence-electron chi connectivity index (χ3n) is 6.63. The van der Waals surface area contributed by atoms with Crippen LogP contribution in [0.25, 0.3) is 0 Å². The number of hydrogen-bond donors (Lipinski definition) is 1. The first-order chi connectivity index (χ1) is 17.2. The molecule has 1 heterocycles. The smallest absolute Gasteiger partial charge is 0.178 e. The van der Waals surface area contributed by atoms with Crippen LogP contribution < -0.4 is 5.32 Å². The SMILES string of the molecule is O=S(=O)(CCCN1CCC(C(Nc2ccc(F)c(F)c2)c2ccc(F)cc2)CC1)c1ccc(Cl)cc1. The van der Waals surface area contributed by atoms with E-state index >= 15 is 0 Å². The van der Waals surface area contributed by atoms with E-state index in [1.54, 1.807) is 24.3 Å². The third-order valence-corrected chi connectivity index (χ3v) is 8.70. The summed E-state index contributed by atoms with van der Waals surface area (Å²) in [6, 6.07) is 15.9. The van der Waals surface area contributed by atoms with E-state index in [1.165, 1.54) is 30.3 Å². The summed E-state index contributed by atoms with van der Waals surface area (Å²) in [5.74, 6) is -1.94. The van der Waals surface area contributed by atoms with Crippen molar-refractivity contribution < 1.29 is 21.6 Å². The highest BCUT2D eigenvalue weighted by Crippen LogP contribution is 2.34. The summed E-state index contributed by atoms with van der Waals surface area (Å²) < 4.78 is 65.9. The summed E-state index contributed by atoms with van der Waals surface area (Å²) in [6.07, 6.45) is 2.16. The summed E-state index contributed by atoms with van der Waals surface area (Å²) in [4.78, 5) is 2.52. The van der Waals surface area contributed by atoms with Crippen molar-refractivity contribution in [1.29, 1.82) is 0 Å². The van der Waals surface area contributed by atoms with Crippen LogP contribution in [-0.4, -0.2) is 38.7 Å². The van der Waals surface area contributed by atoms with Gasteiger partial charge in [-0.05, 0) is 98.9 Å². The van der Waals surface area contributed by atoms with E-state index in [-0.39, 0.29) is 28.4 Å². The topological polar surface area (TPSA) is 49.4 Å². The van der Waals surface area contributed by atoms with Gasteiger partial charge in [-0.2, -0.15) is 0 Å². The summed E-state index contributed by atoms with van der Waals surface area (Å²) in [5.41, 5.74) is 1.33. The average molecular weight is 537 g/mol. The van der Waals surface area contributed by atoms with E-state index in [0.717, 1.165) is 43.6 Å². The maximum atomic E-state index is 13.8. The molecule has 0 amide bonds. The van der Waals surface area contributed by atoms with Crippen molar-refractivity contribution >= 4 is 27.1 Å². The summed E-state index contributed by atoms with van der Waals surface area (Å²) in [6.45, 7) is 2.23. The third kappa shape index (κ3) is 6.81. The van der Waals surface area contributed by atoms with Gasteiger partial charge in [0.2, 0.25) is 0 Å². The number of anilines is 1. The number of benzene rings is 3. The van der Waals surface area contributed by atoms with Gasteiger partial charge in [0, 0.05) is 16.8 Å². The highest BCUT2D eigenvalue weighted by molar-refractivity contribution is 7.91. The molecule has 192 valence electrons. The largest absolute Gasteiger partial charge is 0.378 e. The molecule has 0 aromatic heterocycles. The van der Waals surface area contributed by atoms with Crippen molar-refractivity contribution in [2.75, 3.05) is 30.7 Å². The lowest BCUT2D eigenvalue weighted by Gasteiger charge is -2.37. The molecule has 4 nitrogen and oxygen atoms in total. The van der Waals surface area contributed by atoms with Crippen molar-refractivity contribution in [3.05, 3.63) is 94.8 Å². The lowest BCUT2D eigenvalue weighted by atomic mass is 9.85. The fraction of sp³-hybridized carbons (Fsp3) is 0.333. The Morgan fingerprint density at radius 2 is 1.58 bits per heavy atom. The Hall–Kier alpha value is -2.55. The van der Waals surface area contributed by atoms with Crippen molar-refractivity contribution in [3.63, 3.8) is 0 Å². The summed E-state index contributed by atoms with van der Waals surface area (Å²) in [7, 11) is -3.37. The van der Waals surface area contributed by atoms with Gasteiger partial charge >= 0.3 is 0 Å². The van der Waals surface area contributed by atoms with Crippen LogP contribution in [0.4, 0.5) is 18.9 Å². The quantitative estimate of drug-likeness (QED) is 0.340. The Labute approximate surface area is 215 Å². The molecule has 1 aliphatic rings. The Kier molecular flexibility index (Phi) is 8.59. The second kappa shape index (κ2) is 11.7. The van der Waals surface area contributed by atoms with Crippen molar-refractivity contribution in [2.24, 2.45) is 5.92 Å². The Balaban J connectivity index is 1.36. The van der Waals surface area contributed by atoms with Gasteiger partial charge in [-0.25, -0.2) is 21.6 Å². The molecule has 1 unspecified atom stereocenters. The highest BCUT2D eigenvalue weighted by Gasteiger charge is 2.28. The molecule has 0 aliphatic carbocycles. The van der Waals surface area contributed by atoms with Crippen molar-refractivity contribution in [2.45, 2.75) is 30.2 Å². The number of nitrogens with zero attached hydrogens (tertiary/aromatic N) is 1. The minimum atomic E-state index is -3.37. The molecule has 1 fully saturated rings. The van der Waals surface area contributed by atoms with E-state index < -0.39 is 21.5 Å². The van der Waals surface area contributed by atoms with Crippen LogP contribution in [0.5, 0.6) is 0 Å². The van der Waals surface area contributed by atoms with Crippen LogP contribution in [0.1, 0.15) is 30.9 Å². The maximum absolute atomic E-state index is 13.8. The molecule has 9 heteroatoms. The van der Waals surface area contributed by atoms with Gasteiger partial charge in [0.15, 0.2) is 21.5 Å². The van der Waals surface area contributed by atoms with Crippen LogP contribution in [-0.2, 0) is 9.84 Å². The number of halogens is 4. The second-order valence-electron chi connectivity index (χ2n) is 9.11. The number of likely N-dealkylation sites (tertiary alicyclic amines) is 1. The van der Waals surface area contributed by atoms with E-state index in [9.17, 15) is 21.6 Å². The molecular weight excluding hydrogens is 509 g/mol. The molecule has 4 rings (SSSR count). The van der Waals surface area contributed by atoms with Crippen LogP contribution in [0.2, 0.25) is 5.02 Å². The zero-order valence-electron chi connectivity index (χ0n) is 19.6. The van der Waals surface area contributed by atoms with Crippen LogP contribution in [0.3, 0.4) is 0 Å². The first-order valence-corrected chi connectivity index (χ1v) is 13.9. The molecule has 3 aromatic rings. The van der Waals surface area contributed by atoms with Gasteiger partial charge < -0.3 is 10.2 Å². The van der Waals surface area contributed by atoms with Crippen LogP contribution in [0.15, 0.2) is 71.6 Å². The number of rotatable bonds is 9. The van der Waals surface area contributed by atoms with Gasteiger partial charge in [0.05, 0.1) is 16.7 Å². The van der Waals surface area contributed by atoms with E-state index in [4.69, 9.17) is 11.6 Å². The van der Waals surface area contributed by atoms with Crippen LogP contribution >= 0.6 is 11.6 Å². The Morgan fingerprint density at radius 3 is 2.22 bits per heavy atom. The van der Waals surface area contributed by atoms with Gasteiger partial charge in [-0.1, -0.05) is 23.7 Å². The first-order valence-electron chi connectivity index (χ1n) is 11.9. The molecule has 0 saturated carbocycles. The standard InChI is InChI=1S/C27H28ClF3N2O2S/c28-21-4-9-24(10-5-21)36(34,35)17-1-14-33-15-12-20(13-16-33)27(19-2-6-22(29)7-3-19)32-23-8-11-25(30)26(31)18-23/h2-11,18,20,27,32H,1,12-17H2. The van der Waals surface area contributed by atoms with Gasteiger partial charge in [-0.3, -0.25) is 0 Å². The number of piperidine rings is 1. The molecule has 0 bridgehead atoms. The monoisotopic (exact) mass is 536 g/mol. The number of nitrogens with one attached hydrogen (secondary N) is 1. The lowest BCUT2D eigenvalue weighted by Crippen LogP contribution is -2.38. The minimum Gasteiger partial charge on any atom is -0.378 e. The molecule has 0 radical (unpaired) electrons. The minimum absolute atomic E-state index is 0.0600. The summed E-state index contributed by atoms with van der Waals surface area (Å²) in [5, 5.41) is 3.81. The van der Waals surface area contributed by atoms with E-state index in [0.29, 0.717) is 23.7 Å². The number of sulfone groups is 1. The second-order valence-corrected chi connectivity index (χ2v) is 11.7. The highest BCUT2D eigenvalue weighted by atomic mass is 35.5. The number of hydrogen-bond acceptors (Lipinski definition) is 4. The van der Waals surface area contributed by atoms with Gasteiger partial charge in [0.25, 0.3) is 0 Å². The van der Waals surface area contributed by atoms with Crippen LogP contribution in [0, 0.1) is 23.4 Å². The Morgan fingerprint density at radius 1 is 0.917 bits per heavy atom. The maximum Gasteiger partial charge on any atom is 0.178 e.